The third-order valence-corrected chi connectivity index (χ3v) is 4.64. The zero-order chi connectivity index (χ0) is 19.4. The fourth-order valence-corrected chi connectivity index (χ4v) is 3.27. The Morgan fingerprint density at radius 2 is 1.89 bits per heavy atom. The maximum absolute atomic E-state index is 12.9. The highest BCUT2D eigenvalue weighted by Gasteiger charge is 2.32. The lowest BCUT2D eigenvalue weighted by molar-refractivity contribution is -0.137. The van der Waals surface area contributed by atoms with Gasteiger partial charge in [0.2, 0.25) is 0 Å². The van der Waals surface area contributed by atoms with Crippen LogP contribution in [0.15, 0.2) is 53.6 Å². The first-order chi connectivity index (χ1) is 12.8. The van der Waals surface area contributed by atoms with Gasteiger partial charge in [0.05, 0.1) is 22.0 Å². The molecule has 1 heterocycles. The van der Waals surface area contributed by atoms with Crippen molar-refractivity contribution in [2.24, 2.45) is 5.10 Å². The number of para-hydroxylation sites is 1. The minimum Gasteiger partial charge on any atom is -0.350 e. The van der Waals surface area contributed by atoms with Crippen LogP contribution in [0.1, 0.15) is 18.1 Å². The number of rotatable bonds is 5. The summed E-state index contributed by atoms with van der Waals surface area (Å²) in [6, 6.07) is 11.9. The Balaban J connectivity index is 1.63. The monoisotopic (exact) mass is 392 g/mol. The number of carbonyl (C=O) groups excluding carboxylic acids is 1. The molecule has 1 aromatic heterocycles. The van der Waals surface area contributed by atoms with Crippen molar-refractivity contribution in [3.63, 3.8) is 0 Å². The maximum Gasteiger partial charge on any atom is 0.417 e. The van der Waals surface area contributed by atoms with Crippen LogP contribution in [0, 0.1) is 0 Å². The molecule has 0 saturated carbocycles. The molecule has 0 aliphatic carbocycles. The van der Waals surface area contributed by atoms with Gasteiger partial charge in [-0.05, 0) is 25.1 Å². The lowest BCUT2D eigenvalue weighted by Gasteiger charge is -2.11. The van der Waals surface area contributed by atoms with Gasteiger partial charge in [0, 0.05) is 5.56 Å². The van der Waals surface area contributed by atoms with E-state index in [9.17, 15) is 18.0 Å². The van der Waals surface area contributed by atoms with Crippen LogP contribution in [0.25, 0.3) is 10.2 Å². The minimum absolute atomic E-state index is 0.128. The number of carbonyl (C=O) groups is 1. The summed E-state index contributed by atoms with van der Waals surface area (Å²) >= 11 is 1.40. The number of fused-ring (bicyclic) bond motifs is 1. The fraction of sp³-hybridized carbons (Fsp3) is 0.167. The predicted molar refractivity (Wildman–Crippen MR) is 99.9 cm³/mol. The Bertz CT molecular complexity index is 951. The first-order valence-corrected chi connectivity index (χ1v) is 8.77. The molecule has 5 nitrogen and oxygen atoms in total. The van der Waals surface area contributed by atoms with E-state index in [0.29, 0.717) is 5.13 Å². The number of hydrogen-bond donors (Lipinski definition) is 2. The molecule has 1 atom stereocenters. The number of halogens is 3. The molecule has 2 N–H and O–H groups in total. The van der Waals surface area contributed by atoms with E-state index in [1.54, 1.807) is 6.92 Å². The van der Waals surface area contributed by atoms with Crippen LogP contribution in [-0.2, 0) is 11.0 Å². The van der Waals surface area contributed by atoms with Gasteiger partial charge in [0.25, 0.3) is 5.91 Å². The Kier molecular flexibility index (Phi) is 5.41. The number of hydrogen-bond acceptors (Lipinski definition) is 5. The van der Waals surface area contributed by atoms with Crippen molar-refractivity contribution in [3.8, 4) is 0 Å². The second kappa shape index (κ2) is 7.75. The summed E-state index contributed by atoms with van der Waals surface area (Å²) in [4.78, 5) is 16.5. The Hall–Kier alpha value is -2.94. The quantitative estimate of drug-likeness (QED) is 0.504. The van der Waals surface area contributed by atoms with Crippen molar-refractivity contribution >= 4 is 38.8 Å². The lowest BCUT2D eigenvalue weighted by atomic mass is 10.1. The molecule has 0 spiro atoms. The second-order valence-corrected chi connectivity index (χ2v) is 6.70. The van der Waals surface area contributed by atoms with Crippen molar-refractivity contribution in [2.45, 2.75) is 19.1 Å². The number of anilines is 1. The molecule has 9 heteroatoms. The fourth-order valence-electron chi connectivity index (χ4n) is 2.31. The number of amides is 1. The van der Waals surface area contributed by atoms with E-state index in [4.69, 9.17) is 0 Å². The standard InChI is InChI=1S/C18H15F3N4OS/c1-11(23-17-24-14-8-4-5-9-15(14)27-17)16(26)25-22-10-12-6-2-3-7-13(12)18(19,20)21/h2-11H,1H3,(H,23,24)(H,25,26)/b22-10-/t11-/m0/s1. The molecule has 0 aliphatic heterocycles. The highest BCUT2D eigenvalue weighted by Crippen LogP contribution is 2.31. The third-order valence-electron chi connectivity index (χ3n) is 3.67. The number of nitrogens with one attached hydrogen (secondary N) is 2. The average Bonchev–Trinajstić information content (AvgIpc) is 3.03. The molecule has 0 saturated heterocycles. The lowest BCUT2D eigenvalue weighted by Crippen LogP contribution is -2.34. The van der Waals surface area contributed by atoms with Crippen LogP contribution in [0.5, 0.6) is 0 Å². The number of thiazole rings is 1. The van der Waals surface area contributed by atoms with E-state index in [1.165, 1.54) is 29.5 Å². The van der Waals surface area contributed by atoms with Gasteiger partial charge >= 0.3 is 6.18 Å². The average molecular weight is 392 g/mol. The zero-order valence-corrected chi connectivity index (χ0v) is 14.9. The van der Waals surface area contributed by atoms with Gasteiger partial charge in [-0.25, -0.2) is 10.4 Å². The first kappa shape index (κ1) is 18.8. The van der Waals surface area contributed by atoms with Crippen molar-refractivity contribution < 1.29 is 18.0 Å². The smallest absolute Gasteiger partial charge is 0.350 e. The highest BCUT2D eigenvalue weighted by atomic mass is 32.1. The molecule has 27 heavy (non-hydrogen) atoms. The summed E-state index contributed by atoms with van der Waals surface area (Å²) in [5.41, 5.74) is 2.12. The number of nitrogens with zero attached hydrogens (tertiary/aromatic N) is 2. The zero-order valence-electron chi connectivity index (χ0n) is 14.1. The van der Waals surface area contributed by atoms with Crippen LogP contribution < -0.4 is 10.7 Å². The van der Waals surface area contributed by atoms with Crippen LogP contribution in [-0.4, -0.2) is 23.1 Å². The summed E-state index contributed by atoms with van der Waals surface area (Å²) in [7, 11) is 0. The molecule has 2 aromatic carbocycles. The van der Waals surface area contributed by atoms with Crippen molar-refractivity contribution in [1.82, 2.24) is 10.4 Å². The van der Waals surface area contributed by atoms with Gasteiger partial charge < -0.3 is 5.32 Å². The molecular formula is C18H15F3N4OS. The number of alkyl halides is 3. The molecule has 0 unspecified atom stereocenters. The largest absolute Gasteiger partial charge is 0.417 e. The van der Waals surface area contributed by atoms with Crippen molar-refractivity contribution in [3.05, 3.63) is 59.7 Å². The van der Waals surface area contributed by atoms with E-state index in [-0.39, 0.29) is 5.56 Å². The molecule has 0 radical (unpaired) electrons. The van der Waals surface area contributed by atoms with Crippen molar-refractivity contribution in [2.75, 3.05) is 5.32 Å². The number of aromatic nitrogens is 1. The summed E-state index contributed by atoms with van der Waals surface area (Å²) in [6.07, 6.45) is -3.51. The summed E-state index contributed by atoms with van der Waals surface area (Å²) in [5, 5.41) is 7.17. The molecule has 0 aliphatic rings. The van der Waals surface area contributed by atoms with E-state index in [2.05, 4.69) is 20.8 Å². The maximum atomic E-state index is 12.9. The van der Waals surface area contributed by atoms with Crippen LogP contribution in [0.2, 0.25) is 0 Å². The normalized spacial score (nSPS) is 13.0. The molecule has 3 aromatic rings. The van der Waals surface area contributed by atoms with E-state index in [0.717, 1.165) is 22.5 Å². The predicted octanol–water partition coefficient (Wildman–Crippen LogP) is 4.27. The Morgan fingerprint density at radius 1 is 1.19 bits per heavy atom. The van der Waals surface area contributed by atoms with Crippen LogP contribution in [0.3, 0.4) is 0 Å². The van der Waals surface area contributed by atoms with Crippen LogP contribution >= 0.6 is 11.3 Å². The molecule has 1 amide bonds. The number of hydrazone groups is 1. The van der Waals surface area contributed by atoms with E-state index in [1.807, 2.05) is 24.3 Å². The van der Waals surface area contributed by atoms with Gasteiger partial charge in [0.15, 0.2) is 5.13 Å². The Labute approximate surface area is 156 Å². The highest BCUT2D eigenvalue weighted by molar-refractivity contribution is 7.22. The minimum atomic E-state index is -4.49. The summed E-state index contributed by atoms with van der Waals surface area (Å²) in [6.45, 7) is 1.61. The molecule has 0 fully saturated rings. The van der Waals surface area contributed by atoms with Gasteiger partial charge in [-0.2, -0.15) is 18.3 Å². The molecule has 0 bridgehead atoms. The first-order valence-electron chi connectivity index (χ1n) is 7.96. The second-order valence-electron chi connectivity index (χ2n) is 5.67. The number of benzene rings is 2. The van der Waals surface area contributed by atoms with Gasteiger partial charge in [0.1, 0.15) is 6.04 Å². The SMILES string of the molecule is C[C@H](Nc1nc2ccccc2s1)C(=O)N/N=C\c1ccccc1C(F)(F)F. The summed E-state index contributed by atoms with van der Waals surface area (Å²) in [5.74, 6) is -0.491. The van der Waals surface area contributed by atoms with Gasteiger partial charge in [-0.3, -0.25) is 4.79 Å². The van der Waals surface area contributed by atoms with Crippen molar-refractivity contribution in [1.29, 1.82) is 0 Å². The van der Waals surface area contributed by atoms with Crippen LogP contribution in [0.4, 0.5) is 18.3 Å². The molecule has 3 rings (SSSR count). The van der Waals surface area contributed by atoms with E-state index < -0.39 is 23.7 Å². The molecule has 140 valence electrons. The van der Waals surface area contributed by atoms with E-state index >= 15 is 0 Å². The van der Waals surface area contributed by atoms with Gasteiger partial charge in [-0.1, -0.05) is 41.7 Å². The molecular weight excluding hydrogens is 377 g/mol. The topological polar surface area (TPSA) is 66.4 Å². The Morgan fingerprint density at radius 3 is 2.63 bits per heavy atom. The third kappa shape index (κ3) is 4.62. The van der Waals surface area contributed by atoms with Gasteiger partial charge in [-0.15, -0.1) is 0 Å². The summed E-state index contributed by atoms with van der Waals surface area (Å²) < 4.78 is 39.8.